The fraction of sp³-hybridized carbons (Fsp3) is 0.714. The fourth-order valence-corrected chi connectivity index (χ4v) is 1.12. The van der Waals surface area contributed by atoms with E-state index in [9.17, 15) is 9.59 Å². The molecular formula is C7H12N2O2. The molecule has 0 bridgehead atoms. The van der Waals surface area contributed by atoms with E-state index in [-0.39, 0.29) is 18.0 Å². The quantitative estimate of drug-likeness (QED) is 0.595. The molecule has 0 spiro atoms. The minimum atomic E-state index is -0.267. The van der Waals surface area contributed by atoms with Gasteiger partial charge in [0.1, 0.15) is 0 Å². The molecule has 0 aromatic heterocycles. The van der Waals surface area contributed by atoms with Gasteiger partial charge < -0.3 is 5.32 Å². The highest BCUT2D eigenvalue weighted by Crippen LogP contribution is 2.05. The van der Waals surface area contributed by atoms with Crippen molar-refractivity contribution in [2.24, 2.45) is 0 Å². The van der Waals surface area contributed by atoms with Gasteiger partial charge in [-0.15, -0.1) is 0 Å². The van der Waals surface area contributed by atoms with E-state index in [0.29, 0.717) is 13.0 Å². The first-order chi connectivity index (χ1) is 5.13. The van der Waals surface area contributed by atoms with Crippen molar-refractivity contribution >= 4 is 11.9 Å². The molecule has 0 aromatic carbocycles. The Morgan fingerprint density at radius 2 is 2.09 bits per heavy atom. The molecule has 1 heterocycles. The Bertz CT molecular complexity index is 173. The van der Waals surface area contributed by atoms with Gasteiger partial charge in [-0.3, -0.25) is 9.69 Å². The molecule has 1 N–H and O–H groups in total. The Morgan fingerprint density at radius 3 is 2.45 bits per heavy atom. The number of nitrogens with one attached hydrogen (secondary N) is 1. The Balaban J connectivity index is 2.71. The second kappa shape index (κ2) is 2.90. The van der Waals surface area contributed by atoms with Crippen molar-refractivity contribution in [3.8, 4) is 0 Å². The van der Waals surface area contributed by atoms with Crippen LogP contribution < -0.4 is 5.32 Å². The lowest BCUT2D eigenvalue weighted by atomic mass is 10.2. The van der Waals surface area contributed by atoms with Crippen LogP contribution in [-0.4, -0.2) is 29.4 Å². The van der Waals surface area contributed by atoms with Crippen LogP contribution in [0.4, 0.5) is 4.79 Å². The summed E-state index contributed by atoms with van der Waals surface area (Å²) in [6, 6.07) is -0.306. The van der Waals surface area contributed by atoms with Gasteiger partial charge in [0.2, 0.25) is 5.91 Å². The Labute approximate surface area is 65.6 Å². The van der Waals surface area contributed by atoms with Gasteiger partial charge in [0, 0.05) is 19.0 Å². The van der Waals surface area contributed by atoms with Crippen LogP contribution in [0, 0.1) is 0 Å². The minimum absolute atomic E-state index is 0.0391. The predicted octanol–water partition coefficient (Wildman–Crippen LogP) is 0.337. The molecule has 0 aliphatic carbocycles. The summed E-state index contributed by atoms with van der Waals surface area (Å²) in [6.07, 6.45) is 0.421. The molecule has 0 atom stereocenters. The number of carbonyl (C=O) groups is 2. The maximum atomic E-state index is 11.1. The van der Waals surface area contributed by atoms with Gasteiger partial charge in [-0.1, -0.05) is 0 Å². The monoisotopic (exact) mass is 156 g/mol. The minimum Gasteiger partial charge on any atom is -0.337 e. The van der Waals surface area contributed by atoms with Crippen molar-refractivity contribution in [3.05, 3.63) is 0 Å². The van der Waals surface area contributed by atoms with Gasteiger partial charge in [-0.2, -0.15) is 0 Å². The summed E-state index contributed by atoms with van der Waals surface area (Å²) in [6.45, 7) is 4.12. The van der Waals surface area contributed by atoms with E-state index >= 15 is 0 Å². The van der Waals surface area contributed by atoms with Crippen LogP contribution in [0.3, 0.4) is 0 Å². The van der Waals surface area contributed by atoms with E-state index < -0.39 is 0 Å². The molecule has 0 aromatic rings. The zero-order valence-electron chi connectivity index (χ0n) is 6.76. The summed E-state index contributed by atoms with van der Waals surface area (Å²) in [4.78, 5) is 23.4. The maximum Gasteiger partial charge on any atom is 0.324 e. The van der Waals surface area contributed by atoms with Gasteiger partial charge in [0.05, 0.1) is 0 Å². The Kier molecular flexibility index (Phi) is 2.12. The number of carbonyl (C=O) groups excluding carboxylic acids is 2. The highest BCUT2D eigenvalue weighted by molar-refractivity contribution is 5.97. The molecule has 62 valence electrons. The smallest absolute Gasteiger partial charge is 0.324 e. The van der Waals surface area contributed by atoms with Crippen molar-refractivity contribution < 1.29 is 9.59 Å². The highest BCUT2D eigenvalue weighted by Gasteiger charge is 2.27. The molecule has 0 saturated carbocycles. The summed E-state index contributed by atoms with van der Waals surface area (Å²) < 4.78 is 0. The summed E-state index contributed by atoms with van der Waals surface area (Å²) in [5.74, 6) is -0.0799. The molecule has 3 amide bonds. The number of rotatable bonds is 1. The summed E-state index contributed by atoms with van der Waals surface area (Å²) in [5.41, 5.74) is 0. The zero-order valence-corrected chi connectivity index (χ0v) is 6.76. The van der Waals surface area contributed by atoms with Gasteiger partial charge in [-0.05, 0) is 13.8 Å². The van der Waals surface area contributed by atoms with Crippen molar-refractivity contribution in [1.29, 1.82) is 0 Å². The first kappa shape index (κ1) is 8.04. The normalized spacial score (nSPS) is 19.0. The molecule has 4 nitrogen and oxygen atoms in total. The van der Waals surface area contributed by atoms with E-state index in [1.54, 1.807) is 0 Å². The first-order valence-corrected chi connectivity index (χ1v) is 3.73. The highest BCUT2D eigenvalue weighted by atomic mass is 16.2. The van der Waals surface area contributed by atoms with Crippen molar-refractivity contribution in [1.82, 2.24) is 10.2 Å². The summed E-state index contributed by atoms with van der Waals surface area (Å²) in [5, 5.41) is 2.61. The van der Waals surface area contributed by atoms with E-state index in [4.69, 9.17) is 0 Å². The Morgan fingerprint density at radius 1 is 1.45 bits per heavy atom. The predicted molar refractivity (Wildman–Crippen MR) is 40.0 cm³/mol. The average molecular weight is 156 g/mol. The number of imide groups is 1. The second-order valence-electron chi connectivity index (χ2n) is 2.84. The van der Waals surface area contributed by atoms with Crippen LogP contribution in [0.1, 0.15) is 20.3 Å². The number of amides is 3. The van der Waals surface area contributed by atoms with Crippen LogP contribution in [0.5, 0.6) is 0 Å². The molecule has 11 heavy (non-hydrogen) atoms. The van der Waals surface area contributed by atoms with Gasteiger partial charge in [0.15, 0.2) is 0 Å². The molecule has 4 heteroatoms. The lowest BCUT2D eigenvalue weighted by Crippen LogP contribution is -2.52. The molecule has 0 unspecified atom stereocenters. The zero-order chi connectivity index (χ0) is 8.43. The summed E-state index contributed by atoms with van der Waals surface area (Å²) >= 11 is 0. The molecular weight excluding hydrogens is 144 g/mol. The molecule has 0 radical (unpaired) electrons. The average Bonchev–Trinajstić information content (AvgIpc) is 1.85. The fourth-order valence-electron chi connectivity index (χ4n) is 1.12. The molecule has 1 fully saturated rings. The first-order valence-electron chi connectivity index (χ1n) is 3.73. The van der Waals surface area contributed by atoms with Gasteiger partial charge >= 0.3 is 6.03 Å². The largest absolute Gasteiger partial charge is 0.337 e. The van der Waals surface area contributed by atoms with E-state index in [2.05, 4.69) is 5.32 Å². The molecule has 1 aliphatic heterocycles. The topological polar surface area (TPSA) is 49.4 Å². The van der Waals surface area contributed by atoms with Crippen LogP contribution in [0.25, 0.3) is 0 Å². The van der Waals surface area contributed by atoms with E-state index in [0.717, 1.165) is 0 Å². The number of hydrogen-bond donors (Lipinski definition) is 1. The van der Waals surface area contributed by atoms with Crippen molar-refractivity contribution in [3.63, 3.8) is 0 Å². The third kappa shape index (κ3) is 1.50. The van der Waals surface area contributed by atoms with Crippen LogP contribution in [-0.2, 0) is 4.79 Å². The number of urea groups is 1. The maximum absolute atomic E-state index is 11.1. The SMILES string of the molecule is CC(C)N1C(=O)CCNC1=O. The van der Waals surface area contributed by atoms with Crippen molar-refractivity contribution in [2.45, 2.75) is 26.3 Å². The third-order valence-corrected chi connectivity index (χ3v) is 1.62. The number of nitrogens with zero attached hydrogens (tertiary/aromatic N) is 1. The van der Waals surface area contributed by atoms with E-state index in [1.165, 1.54) is 4.90 Å². The summed E-state index contributed by atoms with van der Waals surface area (Å²) in [7, 11) is 0. The molecule has 1 saturated heterocycles. The lowest BCUT2D eigenvalue weighted by molar-refractivity contribution is -0.130. The standard InChI is InChI=1S/C7H12N2O2/c1-5(2)9-6(10)3-4-8-7(9)11/h5H,3-4H2,1-2H3,(H,8,11). The van der Waals surface area contributed by atoms with E-state index in [1.807, 2.05) is 13.8 Å². The van der Waals surface area contributed by atoms with Crippen LogP contribution in [0.2, 0.25) is 0 Å². The third-order valence-electron chi connectivity index (χ3n) is 1.62. The molecule has 1 aliphatic rings. The van der Waals surface area contributed by atoms with Gasteiger partial charge in [0.25, 0.3) is 0 Å². The Hall–Kier alpha value is -1.06. The lowest BCUT2D eigenvalue weighted by Gasteiger charge is -2.28. The molecule has 1 rings (SSSR count). The van der Waals surface area contributed by atoms with Crippen LogP contribution >= 0.6 is 0 Å². The van der Waals surface area contributed by atoms with Gasteiger partial charge in [-0.25, -0.2) is 4.79 Å². The van der Waals surface area contributed by atoms with Crippen molar-refractivity contribution in [2.75, 3.05) is 6.54 Å². The van der Waals surface area contributed by atoms with Crippen LogP contribution in [0.15, 0.2) is 0 Å². The second-order valence-corrected chi connectivity index (χ2v) is 2.84. The number of hydrogen-bond acceptors (Lipinski definition) is 2.